The van der Waals surface area contributed by atoms with Gasteiger partial charge in [0.15, 0.2) is 0 Å². The standard InChI is InChI=1S/C12H20N2O2S/c1-3-9-4-5-10(7-13)11(6-9)17(16)8-12(15)14-2/h9-11H,3-6,8H2,1-2H3,(H,14,15). The third-order valence-electron chi connectivity index (χ3n) is 3.53. The van der Waals surface area contributed by atoms with E-state index in [4.69, 9.17) is 5.26 Å². The fourth-order valence-electron chi connectivity index (χ4n) is 2.33. The summed E-state index contributed by atoms with van der Waals surface area (Å²) in [5.41, 5.74) is 0. The highest BCUT2D eigenvalue weighted by Crippen LogP contribution is 2.33. The largest absolute Gasteiger partial charge is 0.358 e. The van der Waals surface area contributed by atoms with E-state index in [1.165, 1.54) is 7.05 Å². The monoisotopic (exact) mass is 256 g/mol. The number of hydrogen-bond acceptors (Lipinski definition) is 3. The Morgan fingerprint density at radius 1 is 1.53 bits per heavy atom. The van der Waals surface area contributed by atoms with E-state index in [0.717, 1.165) is 25.7 Å². The van der Waals surface area contributed by atoms with Crippen LogP contribution in [0.4, 0.5) is 0 Å². The molecule has 1 fully saturated rings. The Labute approximate surface area is 105 Å². The highest BCUT2D eigenvalue weighted by atomic mass is 32.2. The summed E-state index contributed by atoms with van der Waals surface area (Å²) in [4.78, 5) is 11.2. The van der Waals surface area contributed by atoms with Gasteiger partial charge < -0.3 is 5.32 Å². The van der Waals surface area contributed by atoms with Crippen molar-refractivity contribution in [2.24, 2.45) is 11.8 Å². The van der Waals surface area contributed by atoms with Crippen LogP contribution in [-0.2, 0) is 15.6 Å². The molecule has 0 saturated heterocycles. The molecule has 1 rings (SSSR count). The van der Waals surface area contributed by atoms with Crippen molar-refractivity contribution in [1.29, 1.82) is 5.26 Å². The molecule has 5 heteroatoms. The summed E-state index contributed by atoms with van der Waals surface area (Å²) in [6, 6.07) is 2.25. The van der Waals surface area contributed by atoms with Crippen LogP contribution in [0, 0.1) is 23.2 Å². The Balaban J connectivity index is 2.66. The first kappa shape index (κ1) is 14.2. The molecule has 1 amide bonds. The molecule has 0 bridgehead atoms. The van der Waals surface area contributed by atoms with E-state index in [0.29, 0.717) is 5.92 Å². The number of hydrogen-bond donors (Lipinski definition) is 1. The number of nitrogens with zero attached hydrogens (tertiary/aromatic N) is 1. The van der Waals surface area contributed by atoms with Crippen molar-refractivity contribution >= 4 is 16.7 Å². The zero-order valence-electron chi connectivity index (χ0n) is 10.4. The molecule has 1 aliphatic rings. The number of rotatable bonds is 4. The van der Waals surface area contributed by atoms with Gasteiger partial charge in [-0.1, -0.05) is 13.3 Å². The molecule has 0 aromatic heterocycles. The molecule has 0 heterocycles. The van der Waals surface area contributed by atoms with Crippen LogP contribution in [0.5, 0.6) is 0 Å². The smallest absolute Gasteiger partial charge is 0.232 e. The molecule has 4 atom stereocenters. The van der Waals surface area contributed by atoms with E-state index in [9.17, 15) is 9.00 Å². The SMILES string of the molecule is CCC1CCC(C#N)C(S(=O)CC(=O)NC)C1. The molecule has 1 aliphatic carbocycles. The van der Waals surface area contributed by atoms with Crippen LogP contribution in [0.1, 0.15) is 32.6 Å². The molecule has 1 N–H and O–H groups in total. The summed E-state index contributed by atoms with van der Waals surface area (Å²) < 4.78 is 12.1. The average Bonchev–Trinajstić information content (AvgIpc) is 2.37. The minimum atomic E-state index is -1.22. The van der Waals surface area contributed by atoms with Gasteiger partial charge in [-0.3, -0.25) is 9.00 Å². The lowest BCUT2D eigenvalue weighted by molar-refractivity contribution is -0.118. The van der Waals surface area contributed by atoms with Crippen LogP contribution in [0.25, 0.3) is 0 Å². The Morgan fingerprint density at radius 2 is 2.24 bits per heavy atom. The number of carbonyl (C=O) groups excluding carboxylic acids is 1. The van der Waals surface area contributed by atoms with Gasteiger partial charge in [0.2, 0.25) is 5.91 Å². The van der Waals surface area contributed by atoms with Crippen molar-refractivity contribution in [2.45, 2.75) is 37.9 Å². The molecule has 0 aromatic rings. The highest BCUT2D eigenvalue weighted by Gasteiger charge is 2.34. The van der Waals surface area contributed by atoms with Gasteiger partial charge in [-0.25, -0.2) is 0 Å². The van der Waals surface area contributed by atoms with E-state index in [1.807, 2.05) is 0 Å². The summed E-state index contributed by atoms with van der Waals surface area (Å²) in [7, 11) is 0.315. The predicted octanol–water partition coefficient (Wildman–Crippen LogP) is 1.20. The van der Waals surface area contributed by atoms with E-state index >= 15 is 0 Å². The second-order valence-corrected chi connectivity index (χ2v) is 6.22. The van der Waals surface area contributed by atoms with Crippen LogP contribution in [-0.4, -0.2) is 28.2 Å². The lowest BCUT2D eigenvalue weighted by Gasteiger charge is -2.31. The Morgan fingerprint density at radius 3 is 2.76 bits per heavy atom. The molecule has 0 spiro atoms. The number of nitriles is 1. The summed E-state index contributed by atoms with van der Waals surface area (Å²) >= 11 is 0. The maximum Gasteiger partial charge on any atom is 0.232 e. The Hall–Kier alpha value is -0.890. The first-order valence-corrected chi connectivity index (χ1v) is 7.47. The van der Waals surface area contributed by atoms with Gasteiger partial charge in [-0.2, -0.15) is 5.26 Å². The van der Waals surface area contributed by atoms with Gasteiger partial charge in [0, 0.05) is 17.8 Å². The molecule has 0 aliphatic heterocycles. The summed E-state index contributed by atoms with van der Waals surface area (Å²) in [6.07, 6.45) is 3.74. The second-order valence-electron chi connectivity index (χ2n) is 4.56. The van der Waals surface area contributed by atoms with E-state index in [2.05, 4.69) is 18.3 Å². The van der Waals surface area contributed by atoms with Crippen molar-refractivity contribution in [2.75, 3.05) is 12.8 Å². The maximum atomic E-state index is 12.1. The first-order chi connectivity index (χ1) is 8.12. The van der Waals surface area contributed by atoms with E-state index < -0.39 is 10.8 Å². The third kappa shape index (κ3) is 3.81. The molecular formula is C12H20N2O2S. The quantitative estimate of drug-likeness (QED) is 0.821. The van der Waals surface area contributed by atoms with Crippen LogP contribution in [0.2, 0.25) is 0 Å². The lowest BCUT2D eigenvalue weighted by Crippen LogP contribution is -2.36. The minimum absolute atomic E-state index is 0.0236. The number of carbonyl (C=O) groups is 1. The van der Waals surface area contributed by atoms with Crippen molar-refractivity contribution in [3.63, 3.8) is 0 Å². The van der Waals surface area contributed by atoms with Crippen LogP contribution >= 0.6 is 0 Å². The van der Waals surface area contributed by atoms with Crippen LogP contribution < -0.4 is 5.32 Å². The number of amides is 1. The van der Waals surface area contributed by atoms with Crippen molar-refractivity contribution < 1.29 is 9.00 Å². The van der Waals surface area contributed by atoms with Gasteiger partial charge >= 0.3 is 0 Å². The predicted molar refractivity (Wildman–Crippen MR) is 67.6 cm³/mol. The highest BCUT2D eigenvalue weighted by molar-refractivity contribution is 7.86. The van der Waals surface area contributed by atoms with Crippen molar-refractivity contribution in [3.8, 4) is 6.07 Å². The van der Waals surface area contributed by atoms with Gasteiger partial charge in [0.05, 0.1) is 17.2 Å². The molecule has 0 radical (unpaired) electrons. The third-order valence-corrected chi connectivity index (χ3v) is 5.28. The van der Waals surface area contributed by atoms with E-state index in [-0.39, 0.29) is 22.8 Å². The molecule has 0 aromatic carbocycles. The zero-order valence-corrected chi connectivity index (χ0v) is 11.3. The molecule has 4 unspecified atom stereocenters. The fourth-order valence-corrected chi connectivity index (χ4v) is 4.00. The second kappa shape index (κ2) is 6.75. The Kier molecular flexibility index (Phi) is 5.63. The summed E-state index contributed by atoms with van der Waals surface area (Å²) in [5, 5.41) is 11.4. The van der Waals surface area contributed by atoms with Crippen LogP contribution in [0.15, 0.2) is 0 Å². The van der Waals surface area contributed by atoms with Gasteiger partial charge in [0.1, 0.15) is 5.75 Å². The van der Waals surface area contributed by atoms with Gasteiger partial charge in [0.25, 0.3) is 0 Å². The average molecular weight is 256 g/mol. The summed E-state index contributed by atoms with van der Waals surface area (Å²) in [5.74, 6) is 0.218. The maximum absolute atomic E-state index is 12.1. The van der Waals surface area contributed by atoms with E-state index in [1.54, 1.807) is 0 Å². The van der Waals surface area contributed by atoms with Gasteiger partial charge in [-0.15, -0.1) is 0 Å². The minimum Gasteiger partial charge on any atom is -0.358 e. The van der Waals surface area contributed by atoms with Crippen molar-refractivity contribution in [3.05, 3.63) is 0 Å². The first-order valence-electron chi connectivity index (χ1n) is 6.09. The zero-order chi connectivity index (χ0) is 12.8. The lowest BCUT2D eigenvalue weighted by atomic mass is 9.81. The molecule has 1 saturated carbocycles. The fraction of sp³-hybridized carbons (Fsp3) is 0.833. The molecule has 17 heavy (non-hydrogen) atoms. The van der Waals surface area contributed by atoms with Crippen molar-refractivity contribution in [1.82, 2.24) is 5.32 Å². The topological polar surface area (TPSA) is 70.0 Å². The number of nitrogens with one attached hydrogen (secondary N) is 1. The molecular weight excluding hydrogens is 236 g/mol. The normalized spacial score (nSPS) is 30.3. The molecule has 4 nitrogen and oxygen atoms in total. The Bertz CT molecular complexity index is 338. The van der Waals surface area contributed by atoms with Gasteiger partial charge in [-0.05, 0) is 25.2 Å². The summed E-state index contributed by atoms with van der Waals surface area (Å²) in [6.45, 7) is 2.12. The van der Waals surface area contributed by atoms with Crippen LogP contribution in [0.3, 0.4) is 0 Å². The molecule has 96 valence electrons.